The second-order valence-electron chi connectivity index (χ2n) is 6.28. The van der Waals surface area contributed by atoms with Crippen molar-refractivity contribution in [1.82, 2.24) is 5.32 Å². The molecule has 0 atom stereocenters. The zero-order chi connectivity index (χ0) is 18.2. The summed E-state index contributed by atoms with van der Waals surface area (Å²) in [5.74, 6) is 0.700. The molecule has 1 N–H and O–H groups in total. The van der Waals surface area contributed by atoms with E-state index >= 15 is 0 Å². The average molecular weight is 345 g/mol. The summed E-state index contributed by atoms with van der Waals surface area (Å²) in [5, 5.41) is 3.00. The first-order valence-corrected chi connectivity index (χ1v) is 8.78. The van der Waals surface area contributed by atoms with Gasteiger partial charge in [0.15, 0.2) is 6.61 Å². The van der Waals surface area contributed by atoms with Gasteiger partial charge in [-0.25, -0.2) is 0 Å². The van der Waals surface area contributed by atoms with Crippen molar-refractivity contribution in [3.05, 3.63) is 102 Å². The van der Waals surface area contributed by atoms with Crippen molar-refractivity contribution in [3.8, 4) is 5.75 Å². The molecule has 0 aliphatic carbocycles. The van der Waals surface area contributed by atoms with Gasteiger partial charge in [-0.15, -0.1) is 0 Å². The van der Waals surface area contributed by atoms with Gasteiger partial charge in [-0.1, -0.05) is 72.8 Å². The number of hydrogen-bond donors (Lipinski definition) is 1. The van der Waals surface area contributed by atoms with E-state index in [-0.39, 0.29) is 18.4 Å². The van der Waals surface area contributed by atoms with Crippen molar-refractivity contribution in [1.29, 1.82) is 0 Å². The molecule has 132 valence electrons. The number of ether oxygens (including phenoxy) is 1. The van der Waals surface area contributed by atoms with Crippen molar-refractivity contribution in [2.24, 2.45) is 0 Å². The Bertz CT molecular complexity index is 792. The number of amides is 1. The van der Waals surface area contributed by atoms with Gasteiger partial charge in [0, 0.05) is 12.5 Å². The second-order valence-corrected chi connectivity index (χ2v) is 6.28. The Hall–Kier alpha value is -3.07. The quantitative estimate of drug-likeness (QED) is 0.692. The number of benzene rings is 3. The molecule has 3 aromatic rings. The first-order chi connectivity index (χ1) is 12.7. The van der Waals surface area contributed by atoms with Gasteiger partial charge >= 0.3 is 0 Å². The van der Waals surface area contributed by atoms with Crippen LogP contribution in [-0.2, 0) is 4.79 Å². The van der Waals surface area contributed by atoms with Crippen LogP contribution in [0.5, 0.6) is 5.75 Å². The molecule has 0 aliphatic rings. The number of rotatable bonds is 7. The molecule has 0 unspecified atom stereocenters. The van der Waals surface area contributed by atoms with Crippen LogP contribution in [-0.4, -0.2) is 19.1 Å². The van der Waals surface area contributed by atoms with E-state index < -0.39 is 0 Å². The van der Waals surface area contributed by atoms with Gasteiger partial charge in [0.25, 0.3) is 5.91 Å². The number of carbonyl (C=O) groups excluding carboxylic acids is 1. The van der Waals surface area contributed by atoms with Crippen molar-refractivity contribution >= 4 is 5.91 Å². The highest BCUT2D eigenvalue weighted by Gasteiger charge is 2.15. The summed E-state index contributed by atoms with van der Waals surface area (Å²) in [4.78, 5) is 12.2. The van der Waals surface area contributed by atoms with Crippen molar-refractivity contribution in [2.75, 3.05) is 13.2 Å². The normalized spacial score (nSPS) is 10.5. The Labute approximate surface area is 154 Å². The Balaban J connectivity index is 1.61. The lowest BCUT2D eigenvalue weighted by Gasteiger charge is -2.19. The number of carbonyl (C=O) groups is 1. The standard InChI is InChI=1S/C23H23NO2/c1-18-9-8-14-21(15-18)26-17-23(25)24-16-22(19-10-4-2-5-11-19)20-12-6-3-7-13-20/h2-15,22H,16-17H2,1H3,(H,24,25). The second kappa shape index (κ2) is 8.86. The van der Waals surface area contributed by atoms with Gasteiger partial charge < -0.3 is 10.1 Å². The van der Waals surface area contributed by atoms with E-state index in [9.17, 15) is 4.79 Å². The summed E-state index contributed by atoms with van der Waals surface area (Å²) in [7, 11) is 0. The topological polar surface area (TPSA) is 38.3 Å². The number of nitrogens with one attached hydrogen (secondary N) is 1. The molecule has 3 heteroatoms. The van der Waals surface area contributed by atoms with E-state index in [4.69, 9.17) is 4.74 Å². The fourth-order valence-corrected chi connectivity index (χ4v) is 2.92. The summed E-state index contributed by atoms with van der Waals surface area (Å²) in [6.45, 7) is 2.54. The van der Waals surface area contributed by atoms with Crippen molar-refractivity contribution < 1.29 is 9.53 Å². The van der Waals surface area contributed by atoms with Crippen LogP contribution in [0.2, 0.25) is 0 Å². The predicted molar refractivity (Wildman–Crippen MR) is 104 cm³/mol. The van der Waals surface area contributed by atoms with Crippen LogP contribution < -0.4 is 10.1 Å². The first kappa shape index (κ1) is 17.7. The highest BCUT2D eigenvalue weighted by molar-refractivity contribution is 5.77. The van der Waals surface area contributed by atoms with E-state index in [1.54, 1.807) is 0 Å². The maximum Gasteiger partial charge on any atom is 0.257 e. The van der Waals surface area contributed by atoms with E-state index in [0.29, 0.717) is 12.3 Å². The van der Waals surface area contributed by atoms with Crippen LogP contribution in [0.25, 0.3) is 0 Å². The lowest BCUT2D eigenvalue weighted by atomic mass is 9.91. The van der Waals surface area contributed by atoms with E-state index in [1.165, 1.54) is 11.1 Å². The van der Waals surface area contributed by atoms with Gasteiger partial charge in [-0.3, -0.25) is 4.79 Å². The highest BCUT2D eigenvalue weighted by atomic mass is 16.5. The lowest BCUT2D eigenvalue weighted by Crippen LogP contribution is -2.32. The zero-order valence-corrected chi connectivity index (χ0v) is 14.9. The molecular formula is C23H23NO2. The average Bonchev–Trinajstić information content (AvgIpc) is 2.68. The Kier molecular flexibility index (Phi) is 6.05. The maximum atomic E-state index is 12.2. The zero-order valence-electron chi connectivity index (χ0n) is 14.9. The third-order valence-corrected chi connectivity index (χ3v) is 4.27. The lowest BCUT2D eigenvalue weighted by molar-refractivity contribution is -0.123. The van der Waals surface area contributed by atoms with Gasteiger partial charge in [0.1, 0.15) is 5.75 Å². The smallest absolute Gasteiger partial charge is 0.257 e. The molecule has 1 amide bonds. The molecule has 0 radical (unpaired) electrons. The van der Waals surface area contributed by atoms with Crippen LogP contribution in [0.15, 0.2) is 84.9 Å². The van der Waals surface area contributed by atoms with E-state index in [1.807, 2.05) is 67.6 Å². The SMILES string of the molecule is Cc1cccc(OCC(=O)NCC(c2ccccc2)c2ccccc2)c1. The van der Waals surface area contributed by atoms with Crippen LogP contribution in [0.1, 0.15) is 22.6 Å². The highest BCUT2D eigenvalue weighted by Crippen LogP contribution is 2.23. The molecule has 0 saturated carbocycles. The molecule has 0 aromatic heterocycles. The fourth-order valence-electron chi connectivity index (χ4n) is 2.92. The number of hydrogen-bond acceptors (Lipinski definition) is 2. The van der Waals surface area contributed by atoms with Gasteiger partial charge in [-0.05, 0) is 35.7 Å². The molecule has 3 nitrogen and oxygen atoms in total. The Morgan fingerprint density at radius 1 is 0.885 bits per heavy atom. The summed E-state index contributed by atoms with van der Waals surface area (Å²) in [5.41, 5.74) is 3.47. The minimum Gasteiger partial charge on any atom is -0.484 e. The molecule has 0 bridgehead atoms. The molecule has 3 aromatic carbocycles. The van der Waals surface area contributed by atoms with Crippen molar-refractivity contribution in [3.63, 3.8) is 0 Å². The summed E-state index contributed by atoms with van der Waals surface area (Å²) < 4.78 is 5.58. The minimum absolute atomic E-state index is 0.0136. The van der Waals surface area contributed by atoms with Crippen LogP contribution in [0.4, 0.5) is 0 Å². The predicted octanol–water partition coefficient (Wildman–Crippen LogP) is 4.32. The first-order valence-electron chi connectivity index (χ1n) is 8.78. The van der Waals surface area contributed by atoms with Crippen molar-refractivity contribution in [2.45, 2.75) is 12.8 Å². The third-order valence-electron chi connectivity index (χ3n) is 4.27. The van der Waals surface area contributed by atoms with Gasteiger partial charge in [0.2, 0.25) is 0 Å². The summed E-state index contributed by atoms with van der Waals surface area (Å²) in [6, 6.07) is 28.1. The van der Waals surface area contributed by atoms with Crippen LogP contribution >= 0.6 is 0 Å². The summed E-state index contributed by atoms with van der Waals surface area (Å²) >= 11 is 0. The molecule has 0 fully saturated rings. The minimum atomic E-state index is -0.122. The molecule has 0 spiro atoms. The maximum absolute atomic E-state index is 12.2. The molecule has 0 heterocycles. The Morgan fingerprint density at radius 2 is 1.50 bits per heavy atom. The van der Waals surface area contributed by atoms with Crippen LogP contribution in [0.3, 0.4) is 0 Å². The largest absolute Gasteiger partial charge is 0.484 e. The molecule has 26 heavy (non-hydrogen) atoms. The summed E-state index contributed by atoms with van der Waals surface area (Å²) in [6.07, 6.45) is 0. The van der Waals surface area contributed by atoms with Crippen LogP contribution in [0, 0.1) is 6.92 Å². The monoisotopic (exact) mass is 345 g/mol. The van der Waals surface area contributed by atoms with E-state index in [2.05, 4.69) is 29.6 Å². The molecule has 3 rings (SSSR count). The van der Waals surface area contributed by atoms with E-state index in [0.717, 1.165) is 5.56 Å². The van der Waals surface area contributed by atoms with Gasteiger partial charge in [-0.2, -0.15) is 0 Å². The third kappa shape index (κ3) is 4.96. The Morgan fingerprint density at radius 3 is 2.08 bits per heavy atom. The van der Waals surface area contributed by atoms with Gasteiger partial charge in [0.05, 0.1) is 0 Å². The molecular weight excluding hydrogens is 322 g/mol. The number of aryl methyl sites for hydroxylation is 1. The fraction of sp³-hybridized carbons (Fsp3) is 0.174. The molecule has 0 aliphatic heterocycles. The molecule has 0 saturated heterocycles.